The lowest BCUT2D eigenvalue weighted by Crippen LogP contribution is -2.48. The Labute approximate surface area is 151 Å². The third kappa shape index (κ3) is 3.58. The molecule has 1 aliphatic rings. The summed E-state index contributed by atoms with van der Waals surface area (Å²) in [6.45, 7) is 10.5. The first kappa shape index (κ1) is 18.0. The van der Waals surface area contributed by atoms with E-state index in [4.69, 9.17) is 0 Å². The van der Waals surface area contributed by atoms with Crippen LogP contribution in [0.5, 0.6) is 0 Å². The molecule has 1 heterocycles. The van der Waals surface area contributed by atoms with Crippen LogP contribution in [0.1, 0.15) is 22.3 Å². The number of sulfonamides is 1. The maximum absolute atomic E-state index is 13.0. The van der Waals surface area contributed by atoms with Crippen molar-refractivity contribution in [2.24, 2.45) is 0 Å². The highest BCUT2D eigenvalue weighted by Crippen LogP contribution is 2.25. The van der Waals surface area contributed by atoms with Crippen LogP contribution in [0.2, 0.25) is 0 Å². The molecule has 0 aliphatic carbocycles. The summed E-state index contributed by atoms with van der Waals surface area (Å²) in [4.78, 5) is 2.69. The van der Waals surface area contributed by atoms with Gasteiger partial charge in [0, 0.05) is 31.9 Å². The first-order valence-electron chi connectivity index (χ1n) is 8.68. The molecule has 0 aromatic heterocycles. The topological polar surface area (TPSA) is 40.6 Å². The third-order valence-corrected chi connectivity index (χ3v) is 7.10. The fourth-order valence-corrected chi connectivity index (χ4v) is 4.96. The van der Waals surface area contributed by atoms with E-state index in [1.165, 1.54) is 16.8 Å². The zero-order valence-electron chi connectivity index (χ0n) is 15.4. The minimum Gasteiger partial charge on any atom is -0.369 e. The van der Waals surface area contributed by atoms with E-state index in [0.717, 1.165) is 11.1 Å². The Morgan fingerprint density at radius 1 is 0.760 bits per heavy atom. The maximum atomic E-state index is 13.0. The van der Waals surface area contributed by atoms with E-state index < -0.39 is 10.0 Å². The van der Waals surface area contributed by atoms with Crippen molar-refractivity contribution < 1.29 is 8.42 Å². The smallest absolute Gasteiger partial charge is 0.243 e. The number of anilines is 1. The van der Waals surface area contributed by atoms with Crippen molar-refractivity contribution >= 4 is 15.7 Å². The molecule has 5 heteroatoms. The molecule has 0 spiro atoms. The lowest BCUT2D eigenvalue weighted by Gasteiger charge is -2.35. The van der Waals surface area contributed by atoms with Gasteiger partial charge in [0.1, 0.15) is 0 Å². The number of aryl methyl sites for hydroxylation is 4. The SMILES string of the molecule is Cc1ccc(S(=O)(=O)N2CCN(c3ccc(C)c(C)c3)CC2)c(C)c1. The molecule has 0 N–H and O–H groups in total. The Bertz CT molecular complexity index is 883. The van der Waals surface area contributed by atoms with E-state index in [1.807, 2.05) is 26.0 Å². The highest BCUT2D eigenvalue weighted by Gasteiger charge is 2.29. The van der Waals surface area contributed by atoms with Crippen molar-refractivity contribution in [1.82, 2.24) is 4.31 Å². The average Bonchev–Trinajstić information content (AvgIpc) is 2.57. The first-order valence-corrected chi connectivity index (χ1v) is 10.1. The second kappa shape index (κ2) is 6.81. The van der Waals surface area contributed by atoms with Gasteiger partial charge in [-0.1, -0.05) is 23.8 Å². The Morgan fingerprint density at radius 2 is 1.44 bits per heavy atom. The van der Waals surface area contributed by atoms with Crippen LogP contribution in [0.15, 0.2) is 41.3 Å². The zero-order valence-corrected chi connectivity index (χ0v) is 16.2. The summed E-state index contributed by atoms with van der Waals surface area (Å²) >= 11 is 0. The molecule has 3 rings (SSSR count). The van der Waals surface area contributed by atoms with Gasteiger partial charge in [-0.25, -0.2) is 8.42 Å². The van der Waals surface area contributed by atoms with Gasteiger partial charge in [-0.05, 0) is 62.6 Å². The molecular weight excluding hydrogens is 332 g/mol. The van der Waals surface area contributed by atoms with E-state index in [0.29, 0.717) is 31.1 Å². The van der Waals surface area contributed by atoms with E-state index in [2.05, 4.69) is 36.9 Å². The van der Waals surface area contributed by atoms with Crippen LogP contribution in [0, 0.1) is 27.7 Å². The van der Waals surface area contributed by atoms with Crippen LogP contribution in [0.4, 0.5) is 5.69 Å². The number of nitrogens with zero attached hydrogens (tertiary/aromatic N) is 2. The number of piperazine rings is 1. The first-order chi connectivity index (χ1) is 11.8. The number of hydrogen-bond donors (Lipinski definition) is 0. The van der Waals surface area contributed by atoms with Gasteiger partial charge in [0.2, 0.25) is 10.0 Å². The lowest BCUT2D eigenvalue weighted by molar-refractivity contribution is 0.384. The predicted octanol–water partition coefficient (Wildman–Crippen LogP) is 3.43. The molecule has 134 valence electrons. The normalized spacial score (nSPS) is 16.2. The molecule has 25 heavy (non-hydrogen) atoms. The van der Waals surface area contributed by atoms with Crippen LogP contribution >= 0.6 is 0 Å². The highest BCUT2D eigenvalue weighted by atomic mass is 32.2. The zero-order chi connectivity index (χ0) is 18.2. The van der Waals surface area contributed by atoms with Crippen LogP contribution < -0.4 is 4.90 Å². The molecule has 2 aromatic rings. The number of rotatable bonds is 3. The van der Waals surface area contributed by atoms with Gasteiger partial charge < -0.3 is 4.90 Å². The molecule has 0 saturated carbocycles. The van der Waals surface area contributed by atoms with Gasteiger partial charge >= 0.3 is 0 Å². The summed E-state index contributed by atoms with van der Waals surface area (Å²) < 4.78 is 27.6. The maximum Gasteiger partial charge on any atom is 0.243 e. The standard InChI is InChI=1S/C20H26N2O2S/c1-15-5-8-20(18(4)13-15)25(23,24)22-11-9-21(10-12-22)19-7-6-16(2)17(3)14-19/h5-8,13-14H,9-12H2,1-4H3. The van der Waals surface area contributed by atoms with Crippen molar-refractivity contribution in [2.75, 3.05) is 31.1 Å². The molecule has 1 aliphatic heterocycles. The molecular formula is C20H26N2O2S. The largest absolute Gasteiger partial charge is 0.369 e. The van der Waals surface area contributed by atoms with Crippen LogP contribution in [-0.4, -0.2) is 38.9 Å². The van der Waals surface area contributed by atoms with Gasteiger partial charge in [0.15, 0.2) is 0 Å². The van der Waals surface area contributed by atoms with Crippen molar-refractivity contribution in [3.8, 4) is 0 Å². The summed E-state index contributed by atoms with van der Waals surface area (Å²) in [6.07, 6.45) is 0. The number of benzene rings is 2. The summed E-state index contributed by atoms with van der Waals surface area (Å²) in [5.41, 5.74) is 5.61. The quantitative estimate of drug-likeness (QED) is 0.844. The van der Waals surface area contributed by atoms with E-state index in [-0.39, 0.29) is 0 Å². The van der Waals surface area contributed by atoms with Crippen molar-refractivity contribution in [1.29, 1.82) is 0 Å². The van der Waals surface area contributed by atoms with Crippen LogP contribution in [0.3, 0.4) is 0 Å². The lowest BCUT2D eigenvalue weighted by atomic mass is 10.1. The van der Waals surface area contributed by atoms with E-state index in [9.17, 15) is 8.42 Å². The fourth-order valence-electron chi connectivity index (χ4n) is 3.34. The van der Waals surface area contributed by atoms with Crippen molar-refractivity contribution in [3.05, 3.63) is 58.7 Å². The van der Waals surface area contributed by atoms with Gasteiger partial charge in [-0.2, -0.15) is 4.31 Å². The Hall–Kier alpha value is -1.85. The Balaban J connectivity index is 1.76. The minimum atomic E-state index is -3.42. The Morgan fingerprint density at radius 3 is 2.04 bits per heavy atom. The summed E-state index contributed by atoms with van der Waals surface area (Å²) in [7, 11) is -3.42. The summed E-state index contributed by atoms with van der Waals surface area (Å²) in [6, 6.07) is 12.0. The van der Waals surface area contributed by atoms with Gasteiger partial charge in [0.05, 0.1) is 4.90 Å². The molecule has 1 saturated heterocycles. The van der Waals surface area contributed by atoms with Gasteiger partial charge in [0.25, 0.3) is 0 Å². The van der Waals surface area contributed by atoms with Gasteiger partial charge in [-0.15, -0.1) is 0 Å². The van der Waals surface area contributed by atoms with Crippen LogP contribution in [-0.2, 0) is 10.0 Å². The van der Waals surface area contributed by atoms with Crippen LogP contribution in [0.25, 0.3) is 0 Å². The molecule has 0 amide bonds. The van der Waals surface area contributed by atoms with Gasteiger partial charge in [-0.3, -0.25) is 0 Å². The number of hydrogen-bond acceptors (Lipinski definition) is 3. The van der Waals surface area contributed by atoms with Crippen molar-refractivity contribution in [2.45, 2.75) is 32.6 Å². The van der Waals surface area contributed by atoms with E-state index >= 15 is 0 Å². The second-order valence-electron chi connectivity index (χ2n) is 6.93. The molecule has 0 unspecified atom stereocenters. The Kier molecular flexibility index (Phi) is 4.89. The highest BCUT2D eigenvalue weighted by molar-refractivity contribution is 7.89. The monoisotopic (exact) mass is 358 g/mol. The second-order valence-corrected chi connectivity index (χ2v) is 8.84. The molecule has 4 nitrogen and oxygen atoms in total. The molecule has 0 radical (unpaired) electrons. The van der Waals surface area contributed by atoms with Crippen molar-refractivity contribution in [3.63, 3.8) is 0 Å². The molecule has 2 aromatic carbocycles. The minimum absolute atomic E-state index is 0.428. The van der Waals surface area contributed by atoms with E-state index in [1.54, 1.807) is 10.4 Å². The molecule has 0 atom stereocenters. The fraction of sp³-hybridized carbons (Fsp3) is 0.400. The summed E-state index contributed by atoms with van der Waals surface area (Å²) in [5, 5.41) is 0. The third-order valence-electron chi connectivity index (χ3n) is 5.04. The predicted molar refractivity (Wildman–Crippen MR) is 103 cm³/mol. The molecule has 0 bridgehead atoms. The molecule has 1 fully saturated rings. The average molecular weight is 359 g/mol. The summed E-state index contributed by atoms with van der Waals surface area (Å²) in [5.74, 6) is 0.